The molecule has 17 heavy (non-hydrogen) atoms. The number of hydrogen-bond acceptors (Lipinski definition) is 3. The van der Waals surface area contributed by atoms with E-state index >= 15 is 0 Å². The van der Waals surface area contributed by atoms with Crippen molar-refractivity contribution < 1.29 is 5.11 Å². The van der Waals surface area contributed by atoms with E-state index < -0.39 is 0 Å². The molecule has 0 bridgehead atoms. The van der Waals surface area contributed by atoms with E-state index in [0.29, 0.717) is 6.04 Å². The first-order valence-corrected chi connectivity index (χ1v) is 6.51. The Morgan fingerprint density at radius 2 is 2.00 bits per heavy atom. The number of piperidine rings is 1. The van der Waals surface area contributed by atoms with Crippen LogP contribution in [0.25, 0.3) is 0 Å². The standard InChI is InChI=1S/C14H22N2O/c1-2-16-9-7-13(8-10-16)15-14-6-4-3-5-12(14)11-17/h3-6,13,15,17H,2,7-11H2,1H3. The topological polar surface area (TPSA) is 35.5 Å². The Bertz CT molecular complexity index is 346. The molecule has 0 amide bonds. The van der Waals surface area contributed by atoms with Gasteiger partial charge in [-0.2, -0.15) is 0 Å². The van der Waals surface area contributed by atoms with Gasteiger partial charge in [0.15, 0.2) is 0 Å². The van der Waals surface area contributed by atoms with Crippen molar-refractivity contribution in [1.29, 1.82) is 0 Å². The SMILES string of the molecule is CCN1CCC(Nc2ccccc2CO)CC1. The lowest BCUT2D eigenvalue weighted by Gasteiger charge is -2.32. The molecule has 0 saturated carbocycles. The summed E-state index contributed by atoms with van der Waals surface area (Å²) in [6, 6.07) is 8.56. The summed E-state index contributed by atoms with van der Waals surface area (Å²) in [6.45, 7) is 5.83. The third-order valence-electron chi connectivity index (χ3n) is 3.58. The van der Waals surface area contributed by atoms with Gasteiger partial charge in [-0.1, -0.05) is 25.1 Å². The number of nitrogens with one attached hydrogen (secondary N) is 1. The van der Waals surface area contributed by atoms with E-state index in [9.17, 15) is 5.11 Å². The molecule has 1 aromatic rings. The van der Waals surface area contributed by atoms with E-state index in [4.69, 9.17) is 0 Å². The monoisotopic (exact) mass is 234 g/mol. The van der Waals surface area contributed by atoms with Crippen molar-refractivity contribution in [2.75, 3.05) is 25.0 Å². The van der Waals surface area contributed by atoms with Crippen LogP contribution in [0.3, 0.4) is 0 Å². The van der Waals surface area contributed by atoms with Gasteiger partial charge in [0, 0.05) is 30.4 Å². The Balaban J connectivity index is 1.93. The number of para-hydroxylation sites is 1. The highest BCUT2D eigenvalue weighted by molar-refractivity contribution is 5.51. The number of anilines is 1. The molecule has 0 unspecified atom stereocenters. The predicted molar refractivity (Wildman–Crippen MR) is 71.1 cm³/mol. The molecule has 1 aliphatic rings. The van der Waals surface area contributed by atoms with Crippen LogP contribution in [0.15, 0.2) is 24.3 Å². The first-order valence-electron chi connectivity index (χ1n) is 6.51. The molecule has 1 aliphatic heterocycles. The van der Waals surface area contributed by atoms with Gasteiger partial charge in [0.1, 0.15) is 0 Å². The molecule has 2 N–H and O–H groups in total. The van der Waals surface area contributed by atoms with Crippen LogP contribution in [0.2, 0.25) is 0 Å². The van der Waals surface area contributed by atoms with Crippen LogP contribution in [0.1, 0.15) is 25.3 Å². The molecule has 0 radical (unpaired) electrons. The minimum absolute atomic E-state index is 0.108. The summed E-state index contributed by atoms with van der Waals surface area (Å²) in [6.07, 6.45) is 2.38. The van der Waals surface area contributed by atoms with Crippen LogP contribution < -0.4 is 5.32 Å². The zero-order valence-corrected chi connectivity index (χ0v) is 10.5. The molecule has 0 aliphatic carbocycles. The van der Waals surface area contributed by atoms with E-state index in [-0.39, 0.29) is 6.61 Å². The van der Waals surface area contributed by atoms with Crippen LogP contribution >= 0.6 is 0 Å². The number of hydrogen-bond donors (Lipinski definition) is 2. The van der Waals surface area contributed by atoms with Gasteiger partial charge in [0.05, 0.1) is 6.61 Å². The zero-order chi connectivity index (χ0) is 12.1. The molecule has 1 saturated heterocycles. The fourth-order valence-electron chi connectivity index (χ4n) is 2.41. The summed E-state index contributed by atoms with van der Waals surface area (Å²) in [7, 11) is 0. The van der Waals surface area contributed by atoms with E-state index in [1.54, 1.807) is 0 Å². The Kier molecular flexibility index (Phi) is 4.40. The minimum atomic E-state index is 0.108. The van der Waals surface area contributed by atoms with Crippen LogP contribution in [-0.4, -0.2) is 35.7 Å². The molecule has 0 atom stereocenters. The van der Waals surface area contributed by atoms with E-state index in [1.165, 1.54) is 25.9 Å². The number of benzene rings is 1. The van der Waals surface area contributed by atoms with Crippen molar-refractivity contribution in [3.63, 3.8) is 0 Å². The van der Waals surface area contributed by atoms with Gasteiger partial charge in [-0.15, -0.1) is 0 Å². The lowest BCUT2D eigenvalue weighted by molar-refractivity contribution is 0.229. The molecule has 2 rings (SSSR count). The molecule has 0 aromatic heterocycles. The van der Waals surface area contributed by atoms with Crippen molar-refractivity contribution in [3.8, 4) is 0 Å². The molecule has 1 heterocycles. The van der Waals surface area contributed by atoms with E-state index in [1.807, 2.05) is 18.2 Å². The smallest absolute Gasteiger partial charge is 0.0701 e. The fraction of sp³-hybridized carbons (Fsp3) is 0.571. The first kappa shape index (κ1) is 12.4. The largest absolute Gasteiger partial charge is 0.392 e. The highest BCUT2D eigenvalue weighted by Gasteiger charge is 2.18. The molecule has 3 heteroatoms. The number of aliphatic hydroxyl groups is 1. The summed E-state index contributed by atoms with van der Waals surface area (Å²) in [4.78, 5) is 2.48. The third kappa shape index (κ3) is 3.20. The Morgan fingerprint density at radius 3 is 2.65 bits per heavy atom. The van der Waals surface area contributed by atoms with Gasteiger partial charge >= 0.3 is 0 Å². The van der Waals surface area contributed by atoms with Crippen molar-refractivity contribution >= 4 is 5.69 Å². The van der Waals surface area contributed by atoms with Gasteiger partial charge in [-0.3, -0.25) is 0 Å². The maximum absolute atomic E-state index is 9.28. The molecule has 94 valence electrons. The molecule has 1 aromatic carbocycles. The number of aliphatic hydroxyl groups excluding tert-OH is 1. The van der Waals surface area contributed by atoms with Crippen molar-refractivity contribution in [3.05, 3.63) is 29.8 Å². The summed E-state index contributed by atoms with van der Waals surface area (Å²) in [5.41, 5.74) is 2.08. The average Bonchev–Trinajstić information content (AvgIpc) is 2.40. The summed E-state index contributed by atoms with van der Waals surface area (Å²) in [5, 5.41) is 12.8. The van der Waals surface area contributed by atoms with Gasteiger partial charge in [-0.05, 0) is 25.5 Å². The Hall–Kier alpha value is -1.06. The van der Waals surface area contributed by atoms with Crippen molar-refractivity contribution in [2.45, 2.75) is 32.4 Å². The first-order chi connectivity index (χ1) is 8.33. The second kappa shape index (κ2) is 6.03. The second-order valence-corrected chi connectivity index (χ2v) is 4.67. The summed E-state index contributed by atoms with van der Waals surface area (Å²) < 4.78 is 0. The second-order valence-electron chi connectivity index (χ2n) is 4.67. The maximum atomic E-state index is 9.28. The van der Waals surface area contributed by atoms with Crippen LogP contribution in [0.5, 0.6) is 0 Å². The highest BCUT2D eigenvalue weighted by atomic mass is 16.3. The third-order valence-corrected chi connectivity index (χ3v) is 3.58. The molecule has 0 spiro atoms. The van der Waals surface area contributed by atoms with Crippen molar-refractivity contribution in [2.24, 2.45) is 0 Å². The van der Waals surface area contributed by atoms with Crippen LogP contribution in [0.4, 0.5) is 5.69 Å². The quantitative estimate of drug-likeness (QED) is 0.837. The molecule has 3 nitrogen and oxygen atoms in total. The summed E-state index contributed by atoms with van der Waals surface area (Å²) in [5.74, 6) is 0. The molecule has 1 fully saturated rings. The number of likely N-dealkylation sites (tertiary alicyclic amines) is 1. The lowest BCUT2D eigenvalue weighted by Crippen LogP contribution is -2.39. The Morgan fingerprint density at radius 1 is 1.29 bits per heavy atom. The van der Waals surface area contributed by atoms with Crippen LogP contribution in [-0.2, 0) is 6.61 Å². The number of nitrogens with zero attached hydrogens (tertiary/aromatic N) is 1. The molecular weight excluding hydrogens is 212 g/mol. The average molecular weight is 234 g/mol. The van der Waals surface area contributed by atoms with Crippen molar-refractivity contribution in [1.82, 2.24) is 4.90 Å². The lowest BCUT2D eigenvalue weighted by atomic mass is 10.0. The van der Waals surface area contributed by atoms with E-state index in [2.05, 4.69) is 23.2 Å². The van der Waals surface area contributed by atoms with Gasteiger partial charge in [0.25, 0.3) is 0 Å². The maximum Gasteiger partial charge on any atom is 0.0701 e. The fourth-order valence-corrected chi connectivity index (χ4v) is 2.41. The minimum Gasteiger partial charge on any atom is -0.392 e. The molecular formula is C14H22N2O. The number of rotatable bonds is 4. The predicted octanol–water partition coefficient (Wildman–Crippen LogP) is 2.08. The van der Waals surface area contributed by atoms with Gasteiger partial charge in [0.2, 0.25) is 0 Å². The van der Waals surface area contributed by atoms with E-state index in [0.717, 1.165) is 17.8 Å². The van der Waals surface area contributed by atoms with Gasteiger partial charge in [-0.25, -0.2) is 0 Å². The Labute approximate surface area is 103 Å². The highest BCUT2D eigenvalue weighted by Crippen LogP contribution is 2.20. The summed E-state index contributed by atoms with van der Waals surface area (Å²) >= 11 is 0. The van der Waals surface area contributed by atoms with Gasteiger partial charge < -0.3 is 15.3 Å². The normalized spacial score (nSPS) is 18.2. The zero-order valence-electron chi connectivity index (χ0n) is 10.5. The van der Waals surface area contributed by atoms with Crippen LogP contribution in [0, 0.1) is 0 Å².